The van der Waals surface area contributed by atoms with Gasteiger partial charge in [0.05, 0.1) is 4.90 Å². The van der Waals surface area contributed by atoms with E-state index in [-0.39, 0.29) is 40.2 Å². The number of rotatable bonds is 2. The van der Waals surface area contributed by atoms with E-state index in [0.29, 0.717) is 17.6 Å². The molecule has 6 heteroatoms. The molecule has 0 unspecified atom stereocenters. The van der Waals surface area contributed by atoms with E-state index in [9.17, 15) is 17.8 Å². The van der Waals surface area contributed by atoms with Gasteiger partial charge in [-0.05, 0) is 42.2 Å². The third-order valence-corrected chi connectivity index (χ3v) is 4.58. The number of ketones is 1. The van der Waals surface area contributed by atoms with Crippen molar-refractivity contribution >= 4 is 22.0 Å². The summed E-state index contributed by atoms with van der Waals surface area (Å²) in [6.07, 6.45) is 3.21. The number of aryl methyl sites for hydroxylation is 1. The van der Waals surface area contributed by atoms with E-state index < -0.39 is 10.1 Å². The monoisotopic (exact) mass is 336 g/mol. The fraction of sp³-hybridized carbons (Fsp3) is 0.118. The van der Waals surface area contributed by atoms with Crippen molar-refractivity contribution in [2.45, 2.75) is 17.7 Å². The molecule has 0 bridgehead atoms. The minimum atomic E-state index is -4.44. The third kappa shape index (κ3) is 4.00. The van der Waals surface area contributed by atoms with Gasteiger partial charge in [0.2, 0.25) is 0 Å². The van der Waals surface area contributed by atoms with Crippen LogP contribution in [0.3, 0.4) is 0 Å². The second-order valence-corrected chi connectivity index (χ2v) is 6.56. The summed E-state index contributed by atoms with van der Waals surface area (Å²) in [4.78, 5) is 12.2. The molecule has 0 heterocycles. The minimum absolute atomic E-state index is 0. The van der Waals surface area contributed by atoms with Crippen molar-refractivity contribution < 1.29 is 47.3 Å². The molecule has 0 aromatic heterocycles. The first kappa shape index (κ1) is 18.1. The van der Waals surface area contributed by atoms with Gasteiger partial charge >= 0.3 is 29.6 Å². The molecule has 0 saturated heterocycles. The minimum Gasteiger partial charge on any atom is -0.744 e. The molecule has 3 rings (SSSR count). The largest absolute Gasteiger partial charge is 1.00 e. The Labute approximate surface area is 157 Å². The van der Waals surface area contributed by atoms with Crippen molar-refractivity contribution in [3.8, 4) is 0 Å². The molecular formula is C17H13NaO4S. The molecule has 0 amide bonds. The number of Topliss-reactive ketones (excluding diaryl/α,β-unsaturated/α-hetero) is 1. The van der Waals surface area contributed by atoms with Crippen LogP contribution < -0.4 is 29.6 Å². The van der Waals surface area contributed by atoms with Gasteiger partial charge in [0.25, 0.3) is 0 Å². The van der Waals surface area contributed by atoms with Gasteiger partial charge in [0.15, 0.2) is 5.78 Å². The van der Waals surface area contributed by atoms with Crippen molar-refractivity contribution in [3.05, 3.63) is 70.8 Å². The number of carbonyl (C=O) groups is 1. The van der Waals surface area contributed by atoms with Gasteiger partial charge in [-0.1, -0.05) is 36.4 Å². The molecule has 0 aliphatic heterocycles. The number of hydrogen-bond acceptors (Lipinski definition) is 4. The molecule has 1 aliphatic carbocycles. The maximum absolute atomic E-state index is 12.4. The van der Waals surface area contributed by atoms with Gasteiger partial charge in [-0.15, -0.1) is 0 Å². The van der Waals surface area contributed by atoms with Gasteiger partial charge in [0.1, 0.15) is 10.1 Å². The summed E-state index contributed by atoms with van der Waals surface area (Å²) in [5, 5.41) is 0. The average molecular weight is 336 g/mol. The Hall–Kier alpha value is -1.24. The van der Waals surface area contributed by atoms with E-state index in [2.05, 4.69) is 0 Å². The maximum atomic E-state index is 12.4. The number of carbonyl (C=O) groups excluding carboxylic acids is 1. The SMILES string of the molecule is O=C1/C(=C/c2ccc(S(=O)(=O)[O-])cc2)CCc2ccccc21.[Na+]. The quantitative estimate of drug-likeness (QED) is 0.433. The molecule has 0 saturated carbocycles. The van der Waals surface area contributed by atoms with Crippen molar-refractivity contribution in [2.75, 3.05) is 0 Å². The van der Waals surface area contributed by atoms with Crippen molar-refractivity contribution in [1.29, 1.82) is 0 Å². The van der Waals surface area contributed by atoms with E-state index in [1.54, 1.807) is 6.08 Å². The van der Waals surface area contributed by atoms with Crippen LogP contribution in [-0.2, 0) is 16.5 Å². The molecule has 2 aromatic carbocycles. The standard InChI is InChI=1S/C17H14O4S.Na/c18-17-14(8-7-13-3-1-2-4-16(13)17)11-12-5-9-15(10-6-12)22(19,20)21;/h1-6,9-11H,7-8H2,(H,19,20,21);/q;+1/p-1/b14-11+;. The van der Waals surface area contributed by atoms with Crippen LogP contribution in [0.1, 0.15) is 27.9 Å². The number of fused-ring (bicyclic) bond motifs is 1. The maximum Gasteiger partial charge on any atom is 1.00 e. The van der Waals surface area contributed by atoms with Crippen molar-refractivity contribution in [3.63, 3.8) is 0 Å². The van der Waals surface area contributed by atoms with Crippen LogP contribution in [0, 0.1) is 0 Å². The molecule has 0 N–H and O–H groups in total. The Morgan fingerprint density at radius 2 is 1.61 bits per heavy atom. The van der Waals surface area contributed by atoms with Gasteiger partial charge < -0.3 is 4.55 Å². The molecule has 0 radical (unpaired) electrons. The Balaban J connectivity index is 0.00000192. The summed E-state index contributed by atoms with van der Waals surface area (Å²) in [6.45, 7) is 0. The predicted molar refractivity (Wildman–Crippen MR) is 81.5 cm³/mol. The first-order chi connectivity index (χ1) is 10.4. The number of benzene rings is 2. The summed E-state index contributed by atoms with van der Waals surface area (Å²) < 4.78 is 32.7. The second kappa shape index (κ2) is 7.11. The van der Waals surface area contributed by atoms with Gasteiger partial charge in [0, 0.05) is 11.1 Å². The molecule has 0 fully saturated rings. The Kier molecular flexibility index (Phi) is 5.60. The Bertz CT molecular complexity index is 868. The van der Waals surface area contributed by atoms with Crippen molar-refractivity contribution in [2.24, 2.45) is 0 Å². The molecule has 23 heavy (non-hydrogen) atoms. The van der Waals surface area contributed by atoms with Crippen LogP contribution in [0.4, 0.5) is 0 Å². The molecular weight excluding hydrogens is 323 g/mol. The number of allylic oxidation sites excluding steroid dienone is 1. The summed E-state index contributed by atoms with van der Waals surface area (Å²) >= 11 is 0. The predicted octanol–water partition coefficient (Wildman–Crippen LogP) is -0.193. The third-order valence-electron chi connectivity index (χ3n) is 3.73. The van der Waals surface area contributed by atoms with E-state index >= 15 is 0 Å². The molecule has 1 aliphatic rings. The van der Waals surface area contributed by atoms with Gasteiger partial charge in [-0.2, -0.15) is 0 Å². The average Bonchev–Trinajstić information content (AvgIpc) is 2.50. The molecule has 0 spiro atoms. The number of hydrogen-bond donors (Lipinski definition) is 0. The van der Waals surface area contributed by atoms with Crippen molar-refractivity contribution in [1.82, 2.24) is 0 Å². The molecule has 2 aromatic rings. The second-order valence-electron chi connectivity index (χ2n) is 5.18. The Morgan fingerprint density at radius 3 is 2.26 bits per heavy atom. The fourth-order valence-electron chi connectivity index (χ4n) is 2.59. The van der Waals surface area contributed by atoms with E-state index in [4.69, 9.17) is 0 Å². The first-order valence-corrected chi connectivity index (χ1v) is 8.25. The van der Waals surface area contributed by atoms with Gasteiger partial charge in [-0.3, -0.25) is 4.79 Å². The summed E-state index contributed by atoms with van der Waals surface area (Å²) in [5.74, 6) is 0.00220. The van der Waals surface area contributed by atoms with Crippen LogP contribution in [0.5, 0.6) is 0 Å². The zero-order valence-electron chi connectivity index (χ0n) is 12.7. The summed E-state index contributed by atoms with van der Waals surface area (Å²) in [6, 6.07) is 13.1. The van der Waals surface area contributed by atoms with Crippen LogP contribution in [-0.4, -0.2) is 18.8 Å². The zero-order chi connectivity index (χ0) is 15.7. The molecule has 0 atom stereocenters. The Morgan fingerprint density at radius 1 is 0.957 bits per heavy atom. The van der Waals surface area contributed by atoms with Gasteiger partial charge in [-0.25, -0.2) is 8.42 Å². The summed E-state index contributed by atoms with van der Waals surface area (Å²) in [5.41, 5.74) is 3.17. The molecule has 112 valence electrons. The smallest absolute Gasteiger partial charge is 0.744 e. The van der Waals surface area contributed by atoms with Crippen LogP contribution in [0.25, 0.3) is 6.08 Å². The fourth-order valence-corrected chi connectivity index (χ4v) is 3.05. The van der Waals surface area contributed by atoms with Crippen LogP contribution in [0.15, 0.2) is 59.0 Å². The van der Waals surface area contributed by atoms with E-state index in [1.165, 1.54) is 24.3 Å². The van der Waals surface area contributed by atoms with E-state index in [0.717, 1.165) is 17.5 Å². The van der Waals surface area contributed by atoms with Crippen LogP contribution in [0.2, 0.25) is 0 Å². The topological polar surface area (TPSA) is 74.3 Å². The van der Waals surface area contributed by atoms with E-state index in [1.807, 2.05) is 24.3 Å². The normalized spacial score (nSPS) is 15.9. The molecule has 4 nitrogen and oxygen atoms in total. The summed E-state index contributed by atoms with van der Waals surface area (Å²) in [7, 11) is -4.44. The first-order valence-electron chi connectivity index (χ1n) is 6.84. The van der Waals surface area contributed by atoms with Crippen LogP contribution >= 0.6 is 0 Å². The zero-order valence-corrected chi connectivity index (χ0v) is 15.5.